The molecule has 0 aromatic heterocycles. The summed E-state index contributed by atoms with van der Waals surface area (Å²) in [4.78, 5) is 12.0. The van der Waals surface area contributed by atoms with Crippen LogP contribution in [0.3, 0.4) is 0 Å². The van der Waals surface area contributed by atoms with Crippen molar-refractivity contribution in [1.29, 1.82) is 0 Å². The van der Waals surface area contributed by atoms with Crippen LogP contribution in [-0.4, -0.2) is 32.4 Å². The Morgan fingerprint density at radius 3 is 2.70 bits per heavy atom. The molecule has 0 spiro atoms. The van der Waals surface area contributed by atoms with Gasteiger partial charge in [0.15, 0.2) is 9.84 Å². The van der Waals surface area contributed by atoms with Crippen molar-refractivity contribution in [1.82, 2.24) is 0 Å². The minimum atomic E-state index is -3.40. The van der Waals surface area contributed by atoms with Crippen LogP contribution in [-0.2, 0) is 25.0 Å². The Morgan fingerprint density at radius 2 is 2.10 bits per heavy atom. The summed E-state index contributed by atoms with van der Waals surface area (Å²) in [6, 6.07) is 6.31. The second-order valence-electron chi connectivity index (χ2n) is 4.97. The highest BCUT2D eigenvalue weighted by Gasteiger charge is 2.48. The third kappa shape index (κ3) is 2.23. The van der Waals surface area contributed by atoms with E-state index in [0.717, 1.165) is 0 Å². The summed E-state index contributed by atoms with van der Waals surface area (Å²) in [7, 11) is -2.14. The molecule has 0 amide bonds. The van der Waals surface area contributed by atoms with Gasteiger partial charge in [-0.1, -0.05) is 25.1 Å². The van der Waals surface area contributed by atoms with E-state index in [0.29, 0.717) is 12.0 Å². The Kier molecular flexibility index (Phi) is 3.88. The van der Waals surface area contributed by atoms with E-state index >= 15 is 0 Å². The third-order valence-corrected chi connectivity index (χ3v) is 5.68. The first-order valence-corrected chi connectivity index (χ1v) is 8.14. The highest BCUT2D eigenvalue weighted by molar-refractivity contribution is 7.91. The molecular weight excluding hydrogens is 280 g/mol. The van der Waals surface area contributed by atoms with E-state index in [9.17, 15) is 18.3 Å². The number of esters is 1. The van der Waals surface area contributed by atoms with Crippen molar-refractivity contribution in [3.05, 3.63) is 29.8 Å². The van der Waals surface area contributed by atoms with E-state index in [1.807, 2.05) is 0 Å². The van der Waals surface area contributed by atoms with E-state index in [4.69, 9.17) is 4.74 Å². The maximum absolute atomic E-state index is 12.1. The number of methoxy groups -OCH3 is 1. The molecule has 0 fully saturated rings. The summed E-state index contributed by atoms with van der Waals surface area (Å²) in [6.07, 6.45) is 0.373. The number of aliphatic hydroxyl groups is 1. The Labute approximate surface area is 118 Å². The molecule has 1 N–H and O–H groups in total. The van der Waals surface area contributed by atoms with Gasteiger partial charge in [-0.3, -0.25) is 4.79 Å². The van der Waals surface area contributed by atoms with Crippen molar-refractivity contribution in [2.45, 2.75) is 30.3 Å². The fourth-order valence-corrected chi connectivity index (χ4v) is 4.50. The summed E-state index contributed by atoms with van der Waals surface area (Å²) in [5, 5.41) is 11.0. The number of hydrogen-bond acceptors (Lipinski definition) is 5. The molecule has 1 aliphatic rings. The monoisotopic (exact) mass is 298 g/mol. The van der Waals surface area contributed by atoms with Crippen molar-refractivity contribution in [2.75, 3.05) is 12.9 Å². The van der Waals surface area contributed by atoms with Gasteiger partial charge in [-0.25, -0.2) is 8.42 Å². The van der Waals surface area contributed by atoms with Crippen LogP contribution >= 0.6 is 0 Å². The number of hydrogen-bond donors (Lipinski definition) is 1. The molecule has 2 atom stereocenters. The lowest BCUT2D eigenvalue weighted by atomic mass is 9.77. The maximum Gasteiger partial charge on any atom is 0.311 e. The minimum absolute atomic E-state index is 0.0000463. The van der Waals surface area contributed by atoms with Gasteiger partial charge >= 0.3 is 5.97 Å². The van der Waals surface area contributed by atoms with Crippen LogP contribution in [0.25, 0.3) is 0 Å². The van der Waals surface area contributed by atoms with Gasteiger partial charge < -0.3 is 9.84 Å². The first-order valence-electron chi connectivity index (χ1n) is 6.49. The zero-order chi connectivity index (χ0) is 15.0. The Balaban J connectivity index is 2.61. The number of benzene rings is 1. The zero-order valence-corrected chi connectivity index (χ0v) is 12.3. The summed E-state index contributed by atoms with van der Waals surface area (Å²) in [5.74, 6) is -1.47. The Hall–Kier alpha value is -1.40. The average molecular weight is 298 g/mol. The lowest BCUT2D eigenvalue weighted by Crippen LogP contribution is -2.45. The second-order valence-corrected chi connectivity index (χ2v) is 7.05. The van der Waals surface area contributed by atoms with E-state index in [1.54, 1.807) is 25.1 Å². The summed E-state index contributed by atoms with van der Waals surface area (Å²) in [5.41, 5.74) is -1.20. The molecule has 20 heavy (non-hydrogen) atoms. The fraction of sp³-hybridized carbons (Fsp3) is 0.500. The first-order chi connectivity index (χ1) is 9.36. The third-order valence-electron chi connectivity index (χ3n) is 3.91. The number of fused-ring (bicyclic) bond motifs is 1. The highest BCUT2D eigenvalue weighted by atomic mass is 32.2. The molecule has 6 heteroatoms. The largest absolute Gasteiger partial charge is 0.469 e. The Morgan fingerprint density at radius 1 is 1.45 bits per heavy atom. The van der Waals surface area contributed by atoms with Gasteiger partial charge in [0, 0.05) is 5.56 Å². The number of sulfone groups is 1. The van der Waals surface area contributed by atoms with Crippen LogP contribution in [0.4, 0.5) is 0 Å². The van der Waals surface area contributed by atoms with E-state index in [1.165, 1.54) is 13.2 Å². The fourth-order valence-electron chi connectivity index (χ4n) is 2.83. The molecule has 1 aromatic carbocycles. The van der Waals surface area contributed by atoms with Crippen molar-refractivity contribution in [3.8, 4) is 0 Å². The smallest absolute Gasteiger partial charge is 0.311 e. The summed E-state index contributed by atoms with van der Waals surface area (Å²) in [6.45, 7) is 1.77. The van der Waals surface area contributed by atoms with Crippen LogP contribution < -0.4 is 0 Å². The van der Waals surface area contributed by atoms with Crippen LogP contribution in [0.15, 0.2) is 29.2 Å². The van der Waals surface area contributed by atoms with Gasteiger partial charge in [0.05, 0.1) is 23.7 Å². The molecule has 1 aromatic rings. The van der Waals surface area contributed by atoms with E-state index in [2.05, 4.69) is 0 Å². The molecular formula is C14H18O5S. The van der Waals surface area contributed by atoms with Crippen LogP contribution in [0.1, 0.15) is 25.3 Å². The highest BCUT2D eigenvalue weighted by Crippen LogP contribution is 2.43. The minimum Gasteiger partial charge on any atom is -0.469 e. The quantitative estimate of drug-likeness (QED) is 0.849. The van der Waals surface area contributed by atoms with E-state index < -0.39 is 27.3 Å². The van der Waals surface area contributed by atoms with Crippen LogP contribution in [0.2, 0.25) is 0 Å². The van der Waals surface area contributed by atoms with Gasteiger partial charge in [0.1, 0.15) is 5.60 Å². The van der Waals surface area contributed by atoms with E-state index in [-0.39, 0.29) is 17.1 Å². The molecule has 0 bridgehead atoms. The van der Waals surface area contributed by atoms with Crippen molar-refractivity contribution >= 4 is 15.8 Å². The van der Waals surface area contributed by atoms with Crippen molar-refractivity contribution < 1.29 is 23.1 Å². The standard InChI is InChI=1S/C14H18O5S/c1-3-10(13(15)19-2)14(16)8-9-20(17,18)12-7-5-4-6-11(12)14/h4-7,10,16H,3,8-9H2,1-2H3. The van der Waals surface area contributed by atoms with Gasteiger partial charge in [-0.05, 0) is 18.9 Å². The van der Waals surface area contributed by atoms with Crippen LogP contribution in [0, 0.1) is 5.92 Å². The molecule has 0 saturated heterocycles. The van der Waals surface area contributed by atoms with Gasteiger partial charge in [0.25, 0.3) is 0 Å². The van der Waals surface area contributed by atoms with Gasteiger partial charge in [-0.15, -0.1) is 0 Å². The molecule has 0 radical (unpaired) electrons. The molecule has 1 heterocycles. The Bertz CT molecular complexity index is 622. The topological polar surface area (TPSA) is 80.7 Å². The lowest BCUT2D eigenvalue weighted by Gasteiger charge is -2.38. The summed E-state index contributed by atoms with van der Waals surface area (Å²) >= 11 is 0. The molecule has 2 rings (SSSR count). The van der Waals surface area contributed by atoms with Crippen LogP contribution in [0.5, 0.6) is 0 Å². The molecule has 110 valence electrons. The SMILES string of the molecule is CCC(C(=O)OC)C1(O)CCS(=O)(=O)c2ccccc21. The molecule has 1 aliphatic heterocycles. The molecule has 2 unspecified atom stereocenters. The molecule has 0 aliphatic carbocycles. The van der Waals surface area contributed by atoms with Gasteiger partial charge in [-0.2, -0.15) is 0 Å². The number of rotatable bonds is 3. The predicted molar refractivity (Wildman–Crippen MR) is 72.8 cm³/mol. The first kappa shape index (κ1) is 15.0. The second kappa shape index (κ2) is 5.18. The zero-order valence-electron chi connectivity index (χ0n) is 11.5. The van der Waals surface area contributed by atoms with Crippen molar-refractivity contribution in [3.63, 3.8) is 0 Å². The molecule has 0 saturated carbocycles. The number of ether oxygens (including phenoxy) is 1. The van der Waals surface area contributed by atoms with Gasteiger partial charge in [0.2, 0.25) is 0 Å². The predicted octanol–water partition coefficient (Wildman–Crippen LogP) is 1.25. The number of carbonyl (C=O) groups excluding carboxylic acids is 1. The normalized spacial score (nSPS) is 25.6. The number of carbonyl (C=O) groups is 1. The summed E-state index contributed by atoms with van der Waals surface area (Å²) < 4.78 is 28.9. The maximum atomic E-state index is 12.1. The lowest BCUT2D eigenvalue weighted by molar-refractivity contribution is -0.158. The van der Waals surface area contributed by atoms with Crippen molar-refractivity contribution in [2.24, 2.45) is 5.92 Å². The molecule has 5 nitrogen and oxygen atoms in total. The average Bonchev–Trinajstić information content (AvgIpc) is 2.44.